The molecule has 36 heavy (non-hydrogen) atoms. The number of carboxylic acids is 1. The second kappa shape index (κ2) is 10.4. The van der Waals surface area contributed by atoms with Crippen LogP contribution < -0.4 is 10.6 Å². The number of ether oxygens (including phenoxy) is 3. The van der Waals surface area contributed by atoms with Gasteiger partial charge in [0.15, 0.2) is 35.6 Å². The van der Waals surface area contributed by atoms with Gasteiger partial charge in [-0.2, -0.15) is 0 Å². The molecule has 2 saturated heterocycles. The second-order valence-electron chi connectivity index (χ2n) is 8.41. The minimum atomic E-state index is -1.24. The number of carboxylic acid groups (broad SMARTS) is 1. The van der Waals surface area contributed by atoms with Gasteiger partial charge in [-0.25, -0.2) is 24.5 Å². The zero-order valence-corrected chi connectivity index (χ0v) is 19.5. The van der Waals surface area contributed by atoms with E-state index in [4.69, 9.17) is 14.2 Å². The Morgan fingerprint density at radius 1 is 1.11 bits per heavy atom. The Morgan fingerprint density at radius 3 is 2.69 bits per heavy atom. The van der Waals surface area contributed by atoms with Crippen molar-refractivity contribution < 1.29 is 28.9 Å². The number of benzene rings is 1. The third-order valence-electron chi connectivity index (χ3n) is 5.94. The molecule has 3 aromatic rings. The van der Waals surface area contributed by atoms with Crippen molar-refractivity contribution in [3.8, 4) is 0 Å². The van der Waals surface area contributed by atoms with Gasteiger partial charge < -0.3 is 24.6 Å². The number of rotatable bonds is 8. The minimum absolute atomic E-state index is 0.226. The number of amides is 2. The Labute approximate surface area is 206 Å². The highest BCUT2D eigenvalue weighted by Crippen LogP contribution is 2.41. The fourth-order valence-corrected chi connectivity index (χ4v) is 4.20. The van der Waals surface area contributed by atoms with Crippen molar-refractivity contribution in [1.82, 2.24) is 24.8 Å². The van der Waals surface area contributed by atoms with E-state index >= 15 is 0 Å². The van der Waals surface area contributed by atoms with E-state index in [-0.39, 0.29) is 5.82 Å². The van der Waals surface area contributed by atoms with Gasteiger partial charge in [0.1, 0.15) is 18.5 Å². The number of unbranched alkanes of at least 4 members (excludes halogenated alkanes) is 1. The first kappa shape index (κ1) is 23.9. The van der Waals surface area contributed by atoms with Gasteiger partial charge in [-0.05, 0) is 18.1 Å². The largest absolute Gasteiger partial charge is 0.479 e. The van der Waals surface area contributed by atoms with Crippen LogP contribution in [0.15, 0.2) is 49.1 Å². The quantitative estimate of drug-likeness (QED) is 0.402. The standard InChI is InChI=1S/C24H26N6O6/c1-2-3-11-25-24(33)29-20-16-21(27-12-26-20)30(13-28-16)22-18-17(19(36-22)23(31)32)34-15(35-18)10-9-14-7-5-4-6-8-14/h4-10,12-13,15,17-19,22H,2-3,11H2,1H3,(H,31,32)(H2,25,26,27,29,33). The number of carbonyl (C=O) groups excluding carboxylic acids is 1. The number of nitrogens with zero attached hydrogens (tertiary/aromatic N) is 4. The Morgan fingerprint density at radius 2 is 1.92 bits per heavy atom. The molecule has 2 aromatic heterocycles. The van der Waals surface area contributed by atoms with Crippen LogP contribution in [0.4, 0.5) is 10.6 Å². The summed E-state index contributed by atoms with van der Waals surface area (Å²) in [5, 5.41) is 15.2. The molecule has 2 fully saturated rings. The molecule has 0 saturated carbocycles. The van der Waals surface area contributed by atoms with Crippen LogP contribution in [0.5, 0.6) is 0 Å². The molecule has 0 bridgehead atoms. The fourth-order valence-electron chi connectivity index (χ4n) is 4.20. The number of fused-ring (bicyclic) bond motifs is 2. The van der Waals surface area contributed by atoms with Crippen LogP contribution >= 0.6 is 0 Å². The third kappa shape index (κ3) is 4.78. The molecule has 2 aliphatic heterocycles. The molecular weight excluding hydrogens is 468 g/mol. The van der Waals surface area contributed by atoms with Gasteiger partial charge in [0.25, 0.3) is 0 Å². The highest BCUT2D eigenvalue weighted by molar-refractivity contribution is 5.95. The van der Waals surface area contributed by atoms with Crippen LogP contribution in [-0.4, -0.2) is 67.8 Å². The first-order chi connectivity index (χ1) is 17.5. The minimum Gasteiger partial charge on any atom is -0.479 e. The lowest BCUT2D eigenvalue weighted by Crippen LogP contribution is -2.34. The van der Waals surface area contributed by atoms with Gasteiger partial charge in [0, 0.05) is 6.54 Å². The van der Waals surface area contributed by atoms with Crippen molar-refractivity contribution in [2.75, 3.05) is 11.9 Å². The number of urea groups is 1. The Bertz CT molecular complexity index is 1260. The molecular formula is C24H26N6O6. The van der Waals surface area contributed by atoms with E-state index in [9.17, 15) is 14.7 Å². The van der Waals surface area contributed by atoms with Gasteiger partial charge in [0.2, 0.25) is 0 Å². The number of hydrogen-bond donors (Lipinski definition) is 3. The molecule has 3 N–H and O–H groups in total. The van der Waals surface area contributed by atoms with Crippen LogP contribution in [-0.2, 0) is 19.0 Å². The first-order valence-corrected chi connectivity index (χ1v) is 11.7. The molecule has 1 aromatic carbocycles. The van der Waals surface area contributed by atoms with Crippen LogP contribution in [0.1, 0.15) is 31.6 Å². The van der Waals surface area contributed by atoms with E-state index < -0.39 is 42.8 Å². The maximum Gasteiger partial charge on any atom is 0.335 e. The molecule has 12 nitrogen and oxygen atoms in total. The molecule has 0 radical (unpaired) electrons. The van der Waals surface area contributed by atoms with E-state index in [1.54, 1.807) is 10.6 Å². The number of aliphatic carboxylic acids is 1. The summed E-state index contributed by atoms with van der Waals surface area (Å²) >= 11 is 0. The molecule has 2 aliphatic rings. The predicted molar refractivity (Wildman–Crippen MR) is 128 cm³/mol. The Kier molecular flexibility index (Phi) is 6.89. The fraction of sp³-hybridized carbons (Fsp3) is 0.375. The first-order valence-electron chi connectivity index (χ1n) is 11.7. The van der Waals surface area contributed by atoms with Crippen molar-refractivity contribution in [2.24, 2.45) is 0 Å². The summed E-state index contributed by atoms with van der Waals surface area (Å²) in [6, 6.07) is 9.22. The zero-order chi connectivity index (χ0) is 25.1. The van der Waals surface area contributed by atoms with E-state index in [1.807, 2.05) is 43.3 Å². The number of anilines is 1. The van der Waals surface area contributed by atoms with E-state index in [2.05, 4.69) is 25.6 Å². The van der Waals surface area contributed by atoms with Gasteiger partial charge in [0.05, 0.1) is 6.33 Å². The van der Waals surface area contributed by atoms with E-state index in [0.29, 0.717) is 17.7 Å². The van der Waals surface area contributed by atoms with Gasteiger partial charge in [-0.1, -0.05) is 49.8 Å². The summed E-state index contributed by atoms with van der Waals surface area (Å²) in [5.41, 5.74) is 1.65. The second-order valence-corrected chi connectivity index (χ2v) is 8.41. The van der Waals surface area contributed by atoms with Crippen molar-refractivity contribution in [3.05, 3.63) is 54.6 Å². The molecule has 4 heterocycles. The van der Waals surface area contributed by atoms with Gasteiger partial charge in [-0.15, -0.1) is 0 Å². The molecule has 5 atom stereocenters. The summed E-state index contributed by atoms with van der Waals surface area (Å²) in [6.07, 6.45) is 3.74. The molecule has 0 spiro atoms. The number of imidazole rings is 1. The predicted octanol–water partition coefficient (Wildman–Crippen LogP) is 2.55. The number of carbonyl (C=O) groups is 2. The molecule has 188 valence electrons. The summed E-state index contributed by atoms with van der Waals surface area (Å²) in [5.74, 6) is -0.932. The lowest BCUT2D eigenvalue weighted by Gasteiger charge is -2.19. The summed E-state index contributed by atoms with van der Waals surface area (Å²) in [6.45, 7) is 2.57. The van der Waals surface area contributed by atoms with E-state index in [1.165, 1.54) is 12.7 Å². The number of hydrogen-bond acceptors (Lipinski definition) is 8. The smallest absolute Gasteiger partial charge is 0.335 e. The van der Waals surface area contributed by atoms with Crippen LogP contribution in [0, 0.1) is 0 Å². The van der Waals surface area contributed by atoms with Crippen molar-refractivity contribution >= 4 is 35.1 Å². The highest BCUT2D eigenvalue weighted by Gasteiger charge is 2.56. The van der Waals surface area contributed by atoms with Crippen molar-refractivity contribution in [3.63, 3.8) is 0 Å². The Balaban J connectivity index is 1.37. The van der Waals surface area contributed by atoms with Crippen LogP contribution in [0.25, 0.3) is 17.2 Å². The normalized spacial score (nSPS) is 25.3. The maximum atomic E-state index is 12.2. The molecule has 2 amide bonds. The average molecular weight is 495 g/mol. The number of aromatic nitrogens is 4. The average Bonchev–Trinajstić information content (AvgIpc) is 3.57. The summed E-state index contributed by atoms with van der Waals surface area (Å²) in [7, 11) is 0. The maximum absolute atomic E-state index is 12.2. The molecule has 0 aliphatic carbocycles. The zero-order valence-electron chi connectivity index (χ0n) is 19.5. The third-order valence-corrected chi connectivity index (χ3v) is 5.94. The van der Waals surface area contributed by atoms with Crippen LogP contribution in [0.3, 0.4) is 0 Å². The summed E-state index contributed by atoms with van der Waals surface area (Å²) in [4.78, 5) is 36.9. The Hall–Kier alpha value is -3.87. The SMILES string of the molecule is CCCCNC(=O)Nc1ncnc2c1ncn2C1OC(C(=O)O)C2OC(C=Cc3ccccc3)OC21. The van der Waals surface area contributed by atoms with Crippen molar-refractivity contribution in [1.29, 1.82) is 0 Å². The highest BCUT2D eigenvalue weighted by atomic mass is 16.8. The van der Waals surface area contributed by atoms with Crippen molar-refractivity contribution in [2.45, 2.75) is 50.6 Å². The van der Waals surface area contributed by atoms with Gasteiger partial charge in [-0.3, -0.25) is 9.88 Å². The van der Waals surface area contributed by atoms with Gasteiger partial charge >= 0.3 is 12.0 Å². The van der Waals surface area contributed by atoms with Crippen LogP contribution in [0.2, 0.25) is 0 Å². The lowest BCUT2D eigenvalue weighted by molar-refractivity contribution is -0.166. The molecule has 12 heteroatoms. The molecule has 5 rings (SSSR count). The number of nitrogens with one attached hydrogen (secondary N) is 2. The summed E-state index contributed by atoms with van der Waals surface area (Å²) < 4.78 is 19.4. The lowest BCUT2D eigenvalue weighted by atomic mass is 10.1. The topological polar surface area (TPSA) is 150 Å². The van der Waals surface area contributed by atoms with E-state index in [0.717, 1.165) is 18.4 Å². The monoisotopic (exact) mass is 494 g/mol. The molecule has 5 unspecified atom stereocenters.